The van der Waals surface area contributed by atoms with Gasteiger partial charge in [-0.2, -0.15) is 8.42 Å². The summed E-state index contributed by atoms with van der Waals surface area (Å²) in [6.07, 6.45) is 0. The van der Waals surface area contributed by atoms with E-state index in [0.29, 0.717) is 24.9 Å². The number of fused-ring (bicyclic) bond motifs is 1. The molecule has 1 N–H and O–H groups in total. The van der Waals surface area contributed by atoms with E-state index < -0.39 is 50.2 Å². The van der Waals surface area contributed by atoms with Crippen molar-refractivity contribution in [1.82, 2.24) is 24.2 Å². The Hall–Kier alpha value is -4.91. The van der Waals surface area contributed by atoms with Gasteiger partial charge in [0.1, 0.15) is 16.5 Å². The molecule has 18 heteroatoms. The summed E-state index contributed by atoms with van der Waals surface area (Å²) in [5, 5.41) is 18.8. The number of nitro groups is 1. The van der Waals surface area contributed by atoms with E-state index in [-0.39, 0.29) is 34.1 Å². The quantitative estimate of drug-likeness (QED) is 0.141. The van der Waals surface area contributed by atoms with E-state index >= 15 is 0 Å². The summed E-state index contributed by atoms with van der Waals surface area (Å²) in [4.78, 5) is 41.1. The molecular formula is C27H23F2N7O7S2. The fourth-order valence-corrected chi connectivity index (χ4v) is 6.25. The minimum Gasteiger partial charge on any atom is -0.305 e. The number of anilines is 1. The van der Waals surface area contributed by atoms with Crippen LogP contribution < -0.4 is 15.6 Å². The van der Waals surface area contributed by atoms with Gasteiger partial charge in [-0.05, 0) is 61.6 Å². The van der Waals surface area contributed by atoms with Crippen molar-refractivity contribution >= 4 is 43.4 Å². The summed E-state index contributed by atoms with van der Waals surface area (Å²) in [5.74, 6) is -2.51. The summed E-state index contributed by atoms with van der Waals surface area (Å²) < 4.78 is 64.1. The number of hydrogen-bond donors (Lipinski definition) is 1. The van der Waals surface area contributed by atoms with E-state index in [1.165, 1.54) is 30.3 Å². The molecule has 0 saturated carbocycles. The zero-order chi connectivity index (χ0) is 32.8. The minimum absolute atomic E-state index is 0.0272. The van der Waals surface area contributed by atoms with Gasteiger partial charge in [0.25, 0.3) is 11.2 Å². The van der Waals surface area contributed by atoms with Crippen LogP contribution in [0.5, 0.6) is 0 Å². The van der Waals surface area contributed by atoms with Gasteiger partial charge < -0.3 is 4.90 Å². The number of thiophene rings is 1. The van der Waals surface area contributed by atoms with Gasteiger partial charge in [0.15, 0.2) is 11.6 Å². The fraction of sp³-hybridized carbons (Fsp3) is 0.185. The highest BCUT2D eigenvalue weighted by atomic mass is 32.2. The van der Waals surface area contributed by atoms with Crippen molar-refractivity contribution in [3.63, 3.8) is 0 Å². The van der Waals surface area contributed by atoms with Gasteiger partial charge in [-0.15, -0.1) is 21.5 Å². The van der Waals surface area contributed by atoms with Gasteiger partial charge in [-0.25, -0.2) is 22.4 Å². The number of nitrogens with zero attached hydrogens (tertiary/aromatic N) is 7. The third kappa shape index (κ3) is 5.95. The maximum absolute atomic E-state index is 14.8. The first-order valence-corrected chi connectivity index (χ1v) is 15.1. The molecule has 0 amide bonds. The number of benzene rings is 2. The predicted molar refractivity (Wildman–Crippen MR) is 162 cm³/mol. The Kier molecular flexibility index (Phi) is 8.32. The van der Waals surface area contributed by atoms with Crippen molar-refractivity contribution in [2.45, 2.75) is 13.1 Å². The number of nitro benzene ring substituents is 1. The molecule has 0 aliphatic carbocycles. The van der Waals surface area contributed by atoms with Gasteiger partial charge in [0.2, 0.25) is 0 Å². The topological polar surface area (TPSA) is 174 Å². The second kappa shape index (κ2) is 11.9. The molecule has 5 aromatic rings. The second-order valence-electron chi connectivity index (χ2n) is 10.0. The summed E-state index contributed by atoms with van der Waals surface area (Å²) in [7, 11) is -0.209. The van der Waals surface area contributed by atoms with Crippen LogP contribution in [0.15, 0.2) is 64.2 Å². The Morgan fingerprint density at radius 3 is 2.16 bits per heavy atom. The van der Waals surface area contributed by atoms with Gasteiger partial charge in [0.05, 0.1) is 16.9 Å². The van der Waals surface area contributed by atoms with Gasteiger partial charge in [-0.3, -0.25) is 24.0 Å². The third-order valence-electron chi connectivity index (χ3n) is 6.80. The lowest BCUT2D eigenvalue weighted by molar-refractivity contribution is -0.384. The lowest BCUT2D eigenvalue weighted by atomic mass is 10.1. The van der Waals surface area contributed by atoms with Gasteiger partial charge in [-0.1, -0.05) is 6.07 Å². The average Bonchev–Trinajstić information content (AvgIpc) is 3.34. The summed E-state index contributed by atoms with van der Waals surface area (Å²) >= 11 is 1.00. The number of halogens is 2. The van der Waals surface area contributed by atoms with Crippen molar-refractivity contribution in [2.75, 3.05) is 25.4 Å². The summed E-state index contributed by atoms with van der Waals surface area (Å²) in [5.41, 5.74) is -1.53. The maximum atomic E-state index is 14.8. The smallest absolute Gasteiger partial charge is 0.305 e. The van der Waals surface area contributed by atoms with E-state index in [9.17, 15) is 41.5 Å². The molecule has 0 fully saturated rings. The number of aromatic nitrogens is 4. The molecule has 0 unspecified atom stereocenters. The molecule has 2 aromatic carbocycles. The van der Waals surface area contributed by atoms with Gasteiger partial charge in [0, 0.05) is 36.2 Å². The lowest BCUT2D eigenvalue weighted by Crippen LogP contribution is -2.40. The van der Waals surface area contributed by atoms with E-state index in [2.05, 4.69) is 10.2 Å². The summed E-state index contributed by atoms with van der Waals surface area (Å²) in [6.45, 7) is -0.454. The highest BCUT2D eigenvalue weighted by Crippen LogP contribution is 2.38. The van der Waals surface area contributed by atoms with Gasteiger partial charge >= 0.3 is 16.0 Å². The number of rotatable bonds is 9. The van der Waals surface area contributed by atoms with Crippen LogP contribution in [0.25, 0.3) is 26.5 Å². The Bertz CT molecular complexity index is 2160. The molecule has 0 spiro atoms. The molecule has 0 aliphatic rings. The van der Waals surface area contributed by atoms with Crippen LogP contribution in [0.3, 0.4) is 0 Å². The standard InChI is InChI=1S/C27H23F2N7O7S2/c1-32(2)13-18-23-25(37)35(22-12-11-21(30-31-22)33(3)45(41,42)43)27(38)34(14-17-19(28)5-4-6-20(17)29)26(23)44-24(18)15-7-9-16(10-8-15)36(39)40/h4-12H,13-14H2,1-3H3,(H,41,42,43). The van der Waals surface area contributed by atoms with Crippen molar-refractivity contribution in [3.8, 4) is 16.3 Å². The highest BCUT2D eigenvalue weighted by molar-refractivity contribution is 7.87. The predicted octanol–water partition coefficient (Wildman–Crippen LogP) is 3.21. The third-order valence-corrected chi connectivity index (χ3v) is 8.98. The molecule has 0 atom stereocenters. The van der Waals surface area contributed by atoms with Crippen molar-refractivity contribution < 1.29 is 26.7 Å². The Morgan fingerprint density at radius 2 is 1.62 bits per heavy atom. The van der Waals surface area contributed by atoms with Crippen LogP contribution in [0.2, 0.25) is 0 Å². The SMILES string of the molecule is CN(C)Cc1c(-c2ccc([N+](=O)[O-])cc2)sc2c1c(=O)n(-c1ccc(N(C)S(=O)(=O)O)nn1)c(=O)n2Cc1c(F)cccc1F. The molecular weight excluding hydrogens is 636 g/mol. The minimum atomic E-state index is -4.69. The molecule has 3 aromatic heterocycles. The molecule has 0 bridgehead atoms. The Balaban J connectivity index is 1.84. The molecule has 14 nitrogen and oxygen atoms in total. The van der Waals surface area contributed by atoms with E-state index in [0.717, 1.165) is 47.2 Å². The fourth-order valence-electron chi connectivity index (χ4n) is 4.61. The molecule has 5 rings (SSSR count). The first-order chi connectivity index (χ1) is 21.2. The van der Waals surface area contributed by atoms with Crippen LogP contribution in [-0.2, 0) is 23.4 Å². The molecule has 0 aliphatic heterocycles. The van der Waals surface area contributed by atoms with Crippen LogP contribution in [0.4, 0.5) is 20.3 Å². The zero-order valence-corrected chi connectivity index (χ0v) is 25.3. The van der Waals surface area contributed by atoms with Crippen molar-refractivity contribution in [2.24, 2.45) is 0 Å². The average molecular weight is 660 g/mol. The van der Waals surface area contributed by atoms with Crippen LogP contribution in [0.1, 0.15) is 11.1 Å². The van der Waals surface area contributed by atoms with Crippen molar-refractivity contribution in [3.05, 3.63) is 108 Å². The molecule has 3 heterocycles. The van der Waals surface area contributed by atoms with Crippen LogP contribution >= 0.6 is 11.3 Å². The van der Waals surface area contributed by atoms with Crippen molar-refractivity contribution in [1.29, 1.82) is 0 Å². The maximum Gasteiger partial charge on any atom is 0.360 e. The Morgan fingerprint density at radius 1 is 0.978 bits per heavy atom. The van der Waals surface area contributed by atoms with E-state index in [4.69, 9.17) is 0 Å². The molecule has 45 heavy (non-hydrogen) atoms. The van der Waals surface area contributed by atoms with E-state index in [1.54, 1.807) is 19.0 Å². The summed E-state index contributed by atoms with van der Waals surface area (Å²) in [6, 6.07) is 11.0. The second-order valence-corrected chi connectivity index (χ2v) is 12.5. The van der Waals surface area contributed by atoms with Crippen LogP contribution in [0, 0.1) is 21.7 Å². The Labute approximate surface area is 257 Å². The molecule has 0 radical (unpaired) electrons. The largest absolute Gasteiger partial charge is 0.360 e. The zero-order valence-electron chi connectivity index (χ0n) is 23.7. The highest BCUT2D eigenvalue weighted by Gasteiger charge is 2.26. The monoisotopic (exact) mass is 659 g/mol. The first-order valence-electron chi connectivity index (χ1n) is 12.9. The number of hydrogen-bond acceptors (Lipinski definition) is 10. The van der Waals surface area contributed by atoms with Crippen LogP contribution in [-0.4, -0.2) is 63.3 Å². The first kappa shape index (κ1) is 31.5. The van der Waals surface area contributed by atoms with E-state index in [1.807, 2.05) is 0 Å². The molecule has 234 valence electrons. The normalized spacial score (nSPS) is 11.8. The number of non-ortho nitro benzene ring substituents is 1. The molecule has 0 saturated heterocycles. The lowest BCUT2D eigenvalue weighted by Gasteiger charge is -2.15.